The van der Waals surface area contributed by atoms with Crippen LogP contribution in [0.1, 0.15) is 50.1 Å². The first-order valence-corrected chi connectivity index (χ1v) is 13.7. The van der Waals surface area contributed by atoms with Gasteiger partial charge in [0.2, 0.25) is 0 Å². The number of hydrogen-bond acceptors (Lipinski definition) is 6. The Morgan fingerprint density at radius 3 is 2.35 bits per heavy atom. The van der Waals surface area contributed by atoms with E-state index in [-0.39, 0.29) is 17.7 Å². The topological polar surface area (TPSA) is 101 Å². The first-order valence-electron chi connectivity index (χ1n) is 13.7. The van der Waals surface area contributed by atoms with Crippen LogP contribution in [0.4, 0.5) is 11.4 Å². The Kier molecular flexibility index (Phi) is 6.57. The van der Waals surface area contributed by atoms with E-state index in [1.54, 1.807) is 29.6 Å². The fourth-order valence-corrected chi connectivity index (χ4v) is 6.67. The van der Waals surface area contributed by atoms with Gasteiger partial charge in [-0.2, -0.15) is 0 Å². The fraction of sp³-hybridized carbons (Fsp3) is 0.344. The zero-order chi connectivity index (χ0) is 28.1. The SMILES string of the molecule is C[C@@H]1[C@@H](C(C)(C)O)[C@H](CCn2cc([C@H](O)c3ccccc3)nn2)O[C@@]12C(=O)N(c1ccccc1)c1ccccc12. The highest BCUT2D eigenvalue weighted by atomic mass is 16.5. The van der Waals surface area contributed by atoms with Crippen molar-refractivity contribution in [3.05, 3.63) is 108 Å². The Morgan fingerprint density at radius 2 is 1.65 bits per heavy atom. The maximum atomic E-state index is 14.4. The summed E-state index contributed by atoms with van der Waals surface area (Å²) in [6.07, 6.45) is 0.945. The van der Waals surface area contributed by atoms with Gasteiger partial charge in [-0.05, 0) is 44.0 Å². The standard InChI is InChI=1S/C32H34N4O4/c1-21-28(31(2,3)39)27(18-19-35-20-25(33-34-35)29(37)22-12-6-4-7-13-22)40-32(21)24-16-10-11-17-26(24)36(30(32)38)23-14-8-5-9-15-23/h4-17,20-21,27-29,37,39H,18-19H2,1-3H3/t21-,27+,28-,29-,32+/m1/s1. The average molecular weight is 539 g/mol. The van der Waals surface area contributed by atoms with E-state index in [1.165, 1.54) is 0 Å². The van der Waals surface area contributed by atoms with Crippen LogP contribution in [0.3, 0.4) is 0 Å². The van der Waals surface area contributed by atoms with Gasteiger partial charge in [-0.3, -0.25) is 14.4 Å². The van der Waals surface area contributed by atoms with Crippen LogP contribution in [0.25, 0.3) is 0 Å². The summed E-state index contributed by atoms with van der Waals surface area (Å²) in [4.78, 5) is 16.1. The second kappa shape index (κ2) is 9.96. The van der Waals surface area contributed by atoms with Crippen LogP contribution >= 0.6 is 0 Å². The quantitative estimate of drug-likeness (QED) is 0.352. The van der Waals surface area contributed by atoms with Crippen molar-refractivity contribution in [2.75, 3.05) is 4.90 Å². The molecule has 1 spiro atoms. The number of aryl methyl sites for hydroxylation is 1. The van der Waals surface area contributed by atoms with Gasteiger partial charge in [0.25, 0.3) is 5.91 Å². The summed E-state index contributed by atoms with van der Waals surface area (Å²) in [6, 6.07) is 26.7. The summed E-state index contributed by atoms with van der Waals surface area (Å²) in [5.41, 5.74) is 1.29. The Labute approximate surface area is 233 Å². The van der Waals surface area contributed by atoms with E-state index in [4.69, 9.17) is 4.74 Å². The van der Waals surface area contributed by atoms with Crippen molar-refractivity contribution in [2.24, 2.45) is 11.8 Å². The maximum absolute atomic E-state index is 14.4. The predicted molar refractivity (Wildman–Crippen MR) is 151 cm³/mol. The molecule has 206 valence electrons. The van der Waals surface area contributed by atoms with Crippen molar-refractivity contribution in [1.82, 2.24) is 15.0 Å². The summed E-state index contributed by atoms with van der Waals surface area (Å²) < 4.78 is 8.52. The van der Waals surface area contributed by atoms with E-state index >= 15 is 0 Å². The van der Waals surface area contributed by atoms with Gasteiger partial charge in [-0.25, -0.2) is 0 Å². The van der Waals surface area contributed by atoms with Gasteiger partial charge in [0.1, 0.15) is 11.8 Å². The van der Waals surface area contributed by atoms with Gasteiger partial charge in [0, 0.05) is 29.6 Å². The molecule has 0 bridgehead atoms. The molecule has 1 fully saturated rings. The molecular formula is C32H34N4O4. The minimum Gasteiger partial charge on any atom is -0.390 e. The summed E-state index contributed by atoms with van der Waals surface area (Å²) >= 11 is 0. The molecule has 1 aromatic heterocycles. The van der Waals surface area contributed by atoms with Gasteiger partial charge < -0.3 is 14.9 Å². The van der Waals surface area contributed by atoms with Crippen LogP contribution in [0.2, 0.25) is 0 Å². The number of carbonyl (C=O) groups excluding carboxylic acids is 1. The molecule has 3 heterocycles. The predicted octanol–water partition coefficient (Wildman–Crippen LogP) is 4.75. The lowest BCUT2D eigenvalue weighted by Crippen LogP contribution is -2.45. The van der Waals surface area contributed by atoms with E-state index in [9.17, 15) is 15.0 Å². The third-order valence-corrected chi connectivity index (χ3v) is 8.41. The first-order chi connectivity index (χ1) is 19.2. The minimum atomic E-state index is -1.22. The van der Waals surface area contributed by atoms with Crippen LogP contribution < -0.4 is 4.90 Å². The van der Waals surface area contributed by atoms with Crippen LogP contribution in [-0.2, 0) is 21.7 Å². The second-order valence-electron chi connectivity index (χ2n) is 11.4. The molecule has 5 atom stereocenters. The number of aliphatic hydroxyl groups excluding tert-OH is 1. The smallest absolute Gasteiger partial charge is 0.268 e. The Bertz CT molecular complexity index is 1500. The highest BCUT2D eigenvalue weighted by molar-refractivity contribution is 6.12. The molecule has 0 aliphatic carbocycles. The van der Waals surface area contributed by atoms with Crippen molar-refractivity contribution < 1.29 is 19.7 Å². The Morgan fingerprint density at radius 1 is 1.00 bits per heavy atom. The van der Waals surface area contributed by atoms with E-state index in [2.05, 4.69) is 10.3 Å². The van der Waals surface area contributed by atoms with Crippen LogP contribution in [0, 0.1) is 11.8 Å². The number of benzene rings is 3. The molecular weight excluding hydrogens is 504 g/mol. The monoisotopic (exact) mass is 538 g/mol. The van der Waals surface area contributed by atoms with Crippen molar-refractivity contribution in [2.45, 2.75) is 57.1 Å². The normalized spacial score (nSPS) is 25.0. The zero-order valence-corrected chi connectivity index (χ0v) is 22.9. The van der Waals surface area contributed by atoms with Crippen molar-refractivity contribution in [3.8, 4) is 0 Å². The highest BCUT2D eigenvalue weighted by Crippen LogP contribution is 2.58. The lowest BCUT2D eigenvalue weighted by atomic mass is 9.71. The molecule has 3 aromatic carbocycles. The molecule has 40 heavy (non-hydrogen) atoms. The summed E-state index contributed by atoms with van der Waals surface area (Å²) in [5, 5.41) is 30.5. The Hall–Kier alpha value is -3.85. The summed E-state index contributed by atoms with van der Waals surface area (Å²) in [5.74, 6) is -0.762. The number of aliphatic hydroxyl groups is 2. The van der Waals surface area contributed by atoms with E-state index in [1.807, 2.05) is 91.9 Å². The van der Waals surface area contributed by atoms with Crippen LogP contribution in [-0.4, -0.2) is 42.8 Å². The molecule has 0 unspecified atom stereocenters. The summed E-state index contributed by atoms with van der Waals surface area (Å²) in [7, 11) is 0. The molecule has 0 saturated carbocycles. The van der Waals surface area contributed by atoms with Crippen molar-refractivity contribution >= 4 is 17.3 Å². The number of anilines is 2. The molecule has 0 radical (unpaired) electrons. The van der Waals surface area contributed by atoms with Gasteiger partial charge in [-0.1, -0.05) is 78.9 Å². The highest BCUT2D eigenvalue weighted by Gasteiger charge is 2.65. The fourth-order valence-electron chi connectivity index (χ4n) is 6.67. The van der Waals surface area contributed by atoms with Crippen LogP contribution in [0.5, 0.6) is 0 Å². The third-order valence-electron chi connectivity index (χ3n) is 8.41. The molecule has 1 saturated heterocycles. The van der Waals surface area contributed by atoms with Gasteiger partial charge in [-0.15, -0.1) is 5.10 Å². The first kappa shape index (κ1) is 26.4. The molecule has 1 amide bonds. The molecule has 4 aromatic rings. The van der Waals surface area contributed by atoms with Gasteiger partial charge in [0.05, 0.1) is 23.6 Å². The number of amides is 1. The molecule has 2 aliphatic heterocycles. The van der Waals surface area contributed by atoms with Crippen molar-refractivity contribution in [1.29, 1.82) is 0 Å². The van der Waals surface area contributed by atoms with Gasteiger partial charge in [0.15, 0.2) is 5.60 Å². The number of rotatable bonds is 7. The number of fused-ring (bicyclic) bond motifs is 2. The summed E-state index contributed by atoms with van der Waals surface area (Å²) in [6.45, 7) is 6.03. The number of aromatic nitrogens is 3. The number of nitrogens with zero attached hydrogens (tertiary/aromatic N) is 4. The average Bonchev–Trinajstić information content (AvgIpc) is 3.62. The molecule has 2 N–H and O–H groups in total. The van der Waals surface area contributed by atoms with E-state index < -0.39 is 23.4 Å². The molecule has 8 heteroatoms. The van der Waals surface area contributed by atoms with E-state index in [0.29, 0.717) is 18.7 Å². The number of ether oxygens (including phenoxy) is 1. The third kappa shape index (κ3) is 4.23. The molecule has 8 nitrogen and oxygen atoms in total. The van der Waals surface area contributed by atoms with Gasteiger partial charge >= 0.3 is 0 Å². The molecule has 6 rings (SSSR count). The number of carbonyl (C=O) groups is 1. The second-order valence-corrected chi connectivity index (χ2v) is 11.4. The number of hydrogen-bond donors (Lipinski definition) is 2. The number of para-hydroxylation sites is 2. The van der Waals surface area contributed by atoms with E-state index in [0.717, 1.165) is 22.5 Å². The maximum Gasteiger partial charge on any atom is 0.268 e. The largest absolute Gasteiger partial charge is 0.390 e. The lowest BCUT2D eigenvalue weighted by Gasteiger charge is -2.34. The van der Waals surface area contributed by atoms with Crippen molar-refractivity contribution in [3.63, 3.8) is 0 Å². The zero-order valence-electron chi connectivity index (χ0n) is 22.9. The molecule has 2 aliphatic rings. The lowest BCUT2D eigenvalue weighted by molar-refractivity contribution is -0.145. The van der Waals surface area contributed by atoms with Crippen LogP contribution in [0.15, 0.2) is 91.1 Å². The minimum absolute atomic E-state index is 0.141. The Balaban J connectivity index is 1.30.